The number of nitrogens with two attached hydrogens (primary N) is 1. The standard InChI is InChI=1S/H2N2O4S.Na.H/c1-7(4,5)6-2-3;;/h(H2,1,4,5);;. The summed E-state index contributed by atoms with van der Waals surface area (Å²) in [4.78, 5) is 8.89. The van der Waals surface area contributed by atoms with Crippen LogP contribution in [0.5, 0.6) is 0 Å². The normalized spacial score (nSPS) is 9.12. The first-order valence-corrected chi connectivity index (χ1v) is 2.57. The minimum atomic E-state index is -4.15. The Kier molecular flexibility index (Phi) is 5.88. The van der Waals surface area contributed by atoms with Crippen LogP contribution in [0.15, 0.2) is 5.34 Å². The zero-order valence-corrected chi connectivity index (χ0v) is 3.88. The molecule has 0 saturated carbocycles. The Morgan fingerprint density at radius 3 is 1.88 bits per heavy atom. The van der Waals surface area contributed by atoms with Crippen molar-refractivity contribution >= 4 is 39.9 Å². The van der Waals surface area contributed by atoms with Crippen molar-refractivity contribution in [1.29, 1.82) is 0 Å². The van der Waals surface area contributed by atoms with E-state index in [9.17, 15) is 8.42 Å². The molecule has 0 atom stereocenters. The molecule has 0 spiro atoms. The third-order valence-corrected chi connectivity index (χ3v) is 0.403. The predicted molar refractivity (Wildman–Crippen MR) is 27.1 cm³/mol. The molecule has 2 N–H and O–H groups in total. The summed E-state index contributed by atoms with van der Waals surface area (Å²) in [5.41, 5.74) is 0. The molecule has 0 fully saturated rings. The summed E-state index contributed by atoms with van der Waals surface area (Å²) < 4.78 is 22.0. The van der Waals surface area contributed by atoms with Crippen molar-refractivity contribution in [2.45, 2.75) is 0 Å². The summed E-state index contributed by atoms with van der Waals surface area (Å²) in [7, 11) is -4.15. The molecule has 8 heteroatoms. The Bertz CT molecular complexity index is 147. The molecule has 0 aromatic rings. The molecule has 0 unspecified atom stereocenters. The Labute approximate surface area is 67.9 Å². The van der Waals surface area contributed by atoms with Crippen molar-refractivity contribution in [2.75, 3.05) is 0 Å². The zero-order chi connectivity index (χ0) is 5.91. The van der Waals surface area contributed by atoms with Gasteiger partial charge in [-0.15, -0.1) is 4.91 Å². The van der Waals surface area contributed by atoms with Crippen LogP contribution in [0.2, 0.25) is 0 Å². The molecule has 0 saturated heterocycles. The van der Waals surface area contributed by atoms with Gasteiger partial charge in [-0.05, 0) is 0 Å². The summed E-state index contributed by atoms with van der Waals surface area (Å²) in [6.07, 6.45) is 0. The first-order chi connectivity index (χ1) is 3.06. The zero-order valence-electron chi connectivity index (χ0n) is 3.07. The fraction of sp³-hybridized carbons (Fsp3) is 0. The number of hydrogen-bond donors (Lipinski definition) is 1. The van der Waals surface area contributed by atoms with E-state index in [4.69, 9.17) is 4.91 Å². The van der Waals surface area contributed by atoms with E-state index in [-0.39, 0.29) is 29.6 Å². The monoisotopic (exact) mass is 150 g/mol. The van der Waals surface area contributed by atoms with Gasteiger partial charge in [0, 0.05) is 0 Å². The van der Waals surface area contributed by atoms with Crippen molar-refractivity contribution in [2.24, 2.45) is 10.5 Å². The second kappa shape index (κ2) is 4.21. The SMILES string of the molecule is NS(=O)(=O)ON=O.[NaH]. The quantitative estimate of drug-likeness (QED) is 0.286. The van der Waals surface area contributed by atoms with Crippen LogP contribution in [0.25, 0.3) is 0 Å². The summed E-state index contributed by atoms with van der Waals surface area (Å²) in [5.74, 6) is 0. The number of hydrogen-bond acceptors (Lipinski definition) is 5. The molecule has 0 aliphatic carbocycles. The molecule has 6 nitrogen and oxygen atoms in total. The Morgan fingerprint density at radius 1 is 1.50 bits per heavy atom. The van der Waals surface area contributed by atoms with Crippen molar-refractivity contribution in [1.82, 2.24) is 0 Å². The Balaban J connectivity index is 0. The molecule has 0 rings (SSSR count). The fourth-order valence-electron chi connectivity index (χ4n) is 0.0424. The number of rotatable bonds is 2. The summed E-state index contributed by atoms with van der Waals surface area (Å²) >= 11 is 0. The van der Waals surface area contributed by atoms with Gasteiger partial charge in [-0.2, -0.15) is 13.6 Å². The van der Waals surface area contributed by atoms with Gasteiger partial charge in [0.05, 0.1) is 0 Å². The van der Waals surface area contributed by atoms with E-state index in [2.05, 4.69) is 9.42 Å². The first-order valence-electron chi connectivity index (χ1n) is 1.10. The molecule has 0 aliphatic heterocycles. The van der Waals surface area contributed by atoms with Crippen molar-refractivity contribution < 1.29 is 12.7 Å². The average Bonchev–Trinajstić information content (AvgIpc) is 1.30. The van der Waals surface area contributed by atoms with Gasteiger partial charge in [0.1, 0.15) is 0 Å². The Hall–Kier alpha value is 0.310. The summed E-state index contributed by atoms with van der Waals surface area (Å²) in [6.45, 7) is 0. The van der Waals surface area contributed by atoms with E-state index < -0.39 is 10.3 Å². The van der Waals surface area contributed by atoms with Gasteiger partial charge in [0.15, 0.2) is 5.34 Å². The molecule has 0 amide bonds. The van der Waals surface area contributed by atoms with Gasteiger partial charge in [-0.3, -0.25) is 0 Å². The van der Waals surface area contributed by atoms with Crippen molar-refractivity contribution in [3.63, 3.8) is 0 Å². The minimum absolute atomic E-state index is 0. The third-order valence-electron chi connectivity index (χ3n) is 0.134. The van der Waals surface area contributed by atoms with E-state index in [1.807, 2.05) is 0 Å². The van der Waals surface area contributed by atoms with Crippen LogP contribution in [0.1, 0.15) is 0 Å². The second-order valence-corrected chi connectivity index (χ2v) is 1.78. The molecule has 8 heavy (non-hydrogen) atoms. The first kappa shape index (κ1) is 11.2. The van der Waals surface area contributed by atoms with Crippen LogP contribution in [0.3, 0.4) is 0 Å². The van der Waals surface area contributed by atoms with E-state index in [0.29, 0.717) is 0 Å². The van der Waals surface area contributed by atoms with Crippen molar-refractivity contribution in [3.05, 3.63) is 4.91 Å². The summed E-state index contributed by atoms with van der Waals surface area (Å²) in [6, 6.07) is 0. The van der Waals surface area contributed by atoms with E-state index in [1.54, 1.807) is 5.34 Å². The van der Waals surface area contributed by atoms with E-state index in [1.165, 1.54) is 0 Å². The predicted octanol–water partition coefficient (Wildman–Crippen LogP) is -1.76. The maximum absolute atomic E-state index is 9.49. The fourth-order valence-corrected chi connectivity index (χ4v) is 0.127. The van der Waals surface area contributed by atoms with Gasteiger partial charge in [-0.1, -0.05) is 0 Å². The van der Waals surface area contributed by atoms with Crippen molar-refractivity contribution in [3.8, 4) is 0 Å². The van der Waals surface area contributed by atoms with Gasteiger partial charge >= 0.3 is 39.9 Å². The molecule has 44 valence electrons. The molecule has 0 aromatic heterocycles. The Morgan fingerprint density at radius 2 is 1.88 bits per heavy atom. The topological polar surface area (TPSA) is 98.8 Å². The van der Waals surface area contributed by atoms with E-state index >= 15 is 0 Å². The van der Waals surface area contributed by atoms with Crippen LogP contribution >= 0.6 is 0 Å². The van der Waals surface area contributed by atoms with E-state index in [0.717, 1.165) is 0 Å². The second-order valence-electron chi connectivity index (χ2n) is 0.642. The van der Waals surface area contributed by atoms with Crippen LogP contribution < -0.4 is 5.14 Å². The molecular weight excluding hydrogens is 147 g/mol. The maximum atomic E-state index is 9.49. The van der Waals surface area contributed by atoms with Crippen LogP contribution in [-0.4, -0.2) is 38.0 Å². The molecule has 0 bridgehead atoms. The van der Waals surface area contributed by atoms with Gasteiger partial charge < -0.3 is 0 Å². The summed E-state index contributed by atoms with van der Waals surface area (Å²) in [5, 5.41) is 5.65. The van der Waals surface area contributed by atoms with Crippen LogP contribution in [-0.2, 0) is 14.6 Å². The van der Waals surface area contributed by atoms with Crippen LogP contribution in [0.4, 0.5) is 0 Å². The number of nitrogens with zero attached hydrogens (tertiary/aromatic N) is 1. The molecule has 0 heterocycles. The van der Waals surface area contributed by atoms with Gasteiger partial charge in [0.2, 0.25) is 0 Å². The molecule has 0 aliphatic rings. The average molecular weight is 150 g/mol. The van der Waals surface area contributed by atoms with Crippen LogP contribution in [0, 0.1) is 4.91 Å². The third kappa shape index (κ3) is 9.58. The van der Waals surface area contributed by atoms with Gasteiger partial charge in [0.25, 0.3) is 0 Å². The molecular formula is H3N2NaO4S. The molecule has 0 radical (unpaired) electrons. The molecule has 0 aromatic carbocycles. The van der Waals surface area contributed by atoms with Gasteiger partial charge in [-0.25, -0.2) is 4.28 Å².